The molecule has 0 atom stereocenters. The van der Waals surface area contributed by atoms with Crippen molar-refractivity contribution in [1.82, 2.24) is 10.2 Å². The van der Waals surface area contributed by atoms with E-state index in [1.807, 2.05) is 7.05 Å². The summed E-state index contributed by atoms with van der Waals surface area (Å²) in [7, 11) is 4.13. The Balaban J connectivity index is 2.32. The monoisotopic (exact) mass is 178 g/mol. The molecule has 0 radical (unpaired) electrons. The van der Waals surface area contributed by atoms with Crippen molar-refractivity contribution in [3.63, 3.8) is 0 Å². The summed E-state index contributed by atoms with van der Waals surface area (Å²) in [6.07, 6.45) is 0. The van der Waals surface area contributed by atoms with Gasteiger partial charge in [0.1, 0.15) is 0 Å². The van der Waals surface area contributed by atoms with Crippen LogP contribution in [0.1, 0.15) is 5.56 Å². The summed E-state index contributed by atoms with van der Waals surface area (Å²) in [6.45, 7) is 3.16. The predicted molar refractivity (Wildman–Crippen MR) is 56.7 cm³/mol. The third-order valence-electron chi connectivity index (χ3n) is 2.04. The zero-order chi connectivity index (χ0) is 9.52. The predicted octanol–water partition coefficient (Wildman–Crippen LogP) is 1.34. The van der Waals surface area contributed by atoms with Gasteiger partial charge in [-0.25, -0.2) is 0 Å². The third-order valence-corrected chi connectivity index (χ3v) is 2.04. The fraction of sp³-hybridized carbons (Fsp3) is 0.455. The lowest BCUT2D eigenvalue weighted by Crippen LogP contribution is -2.26. The van der Waals surface area contributed by atoms with Crippen molar-refractivity contribution >= 4 is 0 Å². The van der Waals surface area contributed by atoms with Crippen LogP contribution in [0.2, 0.25) is 0 Å². The van der Waals surface area contributed by atoms with Gasteiger partial charge in [-0.1, -0.05) is 30.3 Å². The van der Waals surface area contributed by atoms with E-state index in [9.17, 15) is 0 Å². The first-order valence-electron chi connectivity index (χ1n) is 4.70. The molecule has 0 saturated heterocycles. The Hall–Kier alpha value is -0.860. The SMILES string of the molecule is CNCCN(C)Cc1ccccc1. The summed E-state index contributed by atoms with van der Waals surface area (Å²) in [5, 5.41) is 3.14. The standard InChI is InChI=1S/C11H18N2/c1-12-8-9-13(2)10-11-6-4-3-5-7-11/h3-7,12H,8-10H2,1-2H3. The molecule has 0 fully saturated rings. The van der Waals surface area contributed by atoms with Gasteiger partial charge in [-0.2, -0.15) is 0 Å². The molecule has 0 bridgehead atoms. The van der Waals surface area contributed by atoms with Crippen molar-refractivity contribution in [2.75, 3.05) is 27.2 Å². The molecule has 0 unspecified atom stereocenters. The highest BCUT2D eigenvalue weighted by molar-refractivity contribution is 5.14. The number of nitrogens with zero attached hydrogens (tertiary/aromatic N) is 1. The first kappa shape index (κ1) is 10.2. The molecule has 2 nitrogen and oxygen atoms in total. The highest BCUT2D eigenvalue weighted by Gasteiger charge is 1.97. The van der Waals surface area contributed by atoms with Crippen LogP contribution < -0.4 is 5.32 Å². The smallest absolute Gasteiger partial charge is 0.0231 e. The fourth-order valence-corrected chi connectivity index (χ4v) is 1.28. The van der Waals surface area contributed by atoms with E-state index in [0.717, 1.165) is 19.6 Å². The average Bonchev–Trinajstić information content (AvgIpc) is 2.16. The number of nitrogens with one attached hydrogen (secondary N) is 1. The summed E-state index contributed by atoms with van der Waals surface area (Å²) in [5.41, 5.74) is 1.38. The van der Waals surface area contributed by atoms with E-state index >= 15 is 0 Å². The molecule has 0 aliphatic heterocycles. The molecule has 0 spiro atoms. The molecule has 1 aromatic carbocycles. The lowest BCUT2D eigenvalue weighted by molar-refractivity contribution is 0.328. The van der Waals surface area contributed by atoms with Crippen LogP contribution in [0.3, 0.4) is 0 Å². The number of hydrogen-bond donors (Lipinski definition) is 1. The number of benzene rings is 1. The molecule has 0 saturated carbocycles. The lowest BCUT2D eigenvalue weighted by Gasteiger charge is -2.15. The molecular weight excluding hydrogens is 160 g/mol. The van der Waals surface area contributed by atoms with E-state index < -0.39 is 0 Å². The minimum atomic E-state index is 1.03. The summed E-state index contributed by atoms with van der Waals surface area (Å²) >= 11 is 0. The Morgan fingerprint density at radius 3 is 2.54 bits per heavy atom. The summed E-state index contributed by atoms with van der Waals surface area (Å²) in [6, 6.07) is 10.5. The van der Waals surface area contributed by atoms with Crippen molar-refractivity contribution in [1.29, 1.82) is 0 Å². The number of likely N-dealkylation sites (N-methyl/N-ethyl adjacent to an activating group) is 2. The zero-order valence-corrected chi connectivity index (χ0v) is 8.46. The van der Waals surface area contributed by atoms with Crippen LogP contribution in [0.4, 0.5) is 0 Å². The second-order valence-electron chi connectivity index (χ2n) is 3.33. The third kappa shape index (κ3) is 4.06. The average molecular weight is 178 g/mol. The van der Waals surface area contributed by atoms with Crippen molar-refractivity contribution in [3.05, 3.63) is 35.9 Å². The van der Waals surface area contributed by atoms with Gasteiger partial charge >= 0.3 is 0 Å². The maximum absolute atomic E-state index is 3.14. The Morgan fingerprint density at radius 1 is 1.23 bits per heavy atom. The largest absolute Gasteiger partial charge is 0.318 e. The maximum Gasteiger partial charge on any atom is 0.0231 e. The Kier molecular flexibility index (Phi) is 4.50. The van der Waals surface area contributed by atoms with Gasteiger partial charge in [0, 0.05) is 19.6 Å². The molecule has 0 amide bonds. The van der Waals surface area contributed by atoms with E-state index in [-0.39, 0.29) is 0 Å². The van der Waals surface area contributed by atoms with Crippen LogP contribution in [0.15, 0.2) is 30.3 Å². The molecule has 0 aliphatic rings. The van der Waals surface area contributed by atoms with E-state index in [1.54, 1.807) is 0 Å². The molecule has 13 heavy (non-hydrogen) atoms. The second kappa shape index (κ2) is 5.73. The molecular formula is C11H18N2. The van der Waals surface area contributed by atoms with Gasteiger partial charge in [-0.15, -0.1) is 0 Å². The van der Waals surface area contributed by atoms with Crippen molar-refractivity contribution in [2.45, 2.75) is 6.54 Å². The quantitative estimate of drug-likeness (QED) is 0.732. The first-order chi connectivity index (χ1) is 6.33. The zero-order valence-electron chi connectivity index (χ0n) is 8.46. The molecule has 1 N–H and O–H groups in total. The minimum Gasteiger partial charge on any atom is -0.318 e. The molecule has 1 aromatic rings. The Bertz CT molecular complexity index is 221. The van der Waals surface area contributed by atoms with Crippen molar-refractivity contribution in [3.8, 4) is 0 Å². The molecule has 0 heterocycles. The van der Waals surface area contributed by atoms with Crippen molar-refractivity contribution < 1.29 is 0 Å². The summed E-state index contributed by atoms with van der Waals surface area (Å²) in [4.78, 5) is 2.31. The first-order valence-corrected chi connectivity index (χ1v) is 4.70. The normalized spacial score (nSPS) is 10.7. The molecule has 0 aromatic heterocycles. The van der Waals surface area contributed by atoms with E-state index in [4.69, 9.17) is 0 Å². The van der Waals surface area contributed by atoms with E-state index in [0.29, 0.717) is 0 Å². The minimum absolute atomic E-state index is 1.03. The van der Waals surface area contributed by atoms with Gasteiger partial charge in [0.25, 0.3) is 0 Å². The number of hydrogen-bond acceptors (Lipinski definition) is 2. The highest BCUT2D eigenvalue weighted by atomic mass is 15.1. The lowest BCUT2D eigenvalue weighted by atomic mass is 10.2. The summed E-state index contributed by atoms with van der Waals surface area (Å²) < 4.78 is 0. The highest BCUT2D eigenvalue weighted by Crippen LogP contribution is 2.01. The van der Waals surface area contributed by atoms with Crippen molar-refractivity contribution in [2.24, 2.45) is 0 Å². The maximum atomic E-state index is 3.14. The molecule has 2 heteroatoms. The van der Waals surface area contributed by atoms with Crippen LogP contribution in [0.5, 0.6) is 0 Å². The van der Waals surface area contributed by atoms with Gasteiger partial charge < -0.3 is 10.2 Å². The van der Waals surface area contributed by atoms with Gasteiger partial charge in [0.2, 0.25) is 0 Å². The van der Waals surface area contributed by atoms with Crippen LogP contribution in [-0.2, 0) is 6.54 Å². The fourth-order valence-electron chi connectivity index (χ4n) is 1.28. The van der Waals surface area contributed by atoms with Crippen LogP contribution in [0, 0.1) is 0 Å². The van der Waals surface area contributed by atoms with Gasteiger partial charge in [0.15, 0.2) is 0 Å². The van der Waals surface area contributed by atoms with Gasteiger partial charge in [-0.05, 0) is 19.7 Å². The second-order valence-corrected chi connectivity index (χ2v) is 3.33. The molecule has 1 rings (SSSR count). The topological polar surface area (TPSA) is 15.3 Å². The number of rotatable bonds is 5. The van der Waals surface area contributed by atoms with Gasteiger partial charge in [-0.3, -0.25) is 0 Å². The Labute approximate surface area is 80.6 Å². The van der Waals surface area contributed by atoms with Crippen LogP contribution in [-0.4, -0.2) is 32.1 Å². The van der Waals surface area contributed by atoms with E-state index in [1.165, 1.54) is 5.56 Å². The van der Waals surface area contributed by atoms with Gasteiger partial charge in [0.05, 0.1) is 0 Å². The van der Waals surface area contributed by atoms with Crippen LogP contribution >= 0.6 is 0 Å². The summed E-state index contributed by atoms with van der Waals surface area (Å²) in [5.74, 6) is 0. The molecule has 0 aliphatic carbocycles. The molecule has 72 valence electrons. The van der Waals surface area contributed by atoms with Crippen LogP contribution in [0.25, 0.3) is 0 Å². The van der Waals surface area contributed by atoms with E-state index in [2.05, 4.69) is 47.6 Å². The Morgan fingerprint density at radius 2 is 1.92 bits per heavy atom.